The van der Waals surface area contributed by atoms with Crippen molar-refractivity contribution in [2.75, 3.05) is 25.6 Å². The summed E-state index contributed by atoms with van der Waals surface area (Å²) in [4.78, 5) is 18.1. The number of nitrogens with one attached hydrogen (secondary N) is 1. The Morgan fingerprint density at radius 2 is 2.47 bits per heavy atom. The molecular weight excluding hydrogens is 252 g/mol. The predicted molar refractivity (Wildman–Crippen MR) is 67.3 cm³/mol. The zero-order valence-corrected chi connectivity index (χ0v) is 10.7. The van der Waals surface area contributed by atoms with Crippen molar-refractivity contribution in [3.8, 4) is 5.88 Å². The van der Waals surface area contributed by atoms with Gasteiger partial charge in [0.25, 0.3) is 5.88 Å². The molecular formula is C11H16N4O4. The fourth-order valence-electron chi connectivity index (χ4n) is 1.82. The summed E-state index contributed by atoms with van der Waals surface area (Å²) in [5.74, 6) is 0.253. The first kappa shape index (κ1) is 13.5. The molecule has 1 saturated heterocycles. The molecule has 1 unspecified atom stereocenters. The second kappa shape index (κ2) is 6.28. The molecule has 2 rings (SSSR count). The highest BCUT2D eigenvalue weighted by Crippen LogP contribution is 2.25. The molecule has 1 aromatic heterocycles. The van der Waals surface area contributed by atoms with E-state index in [0.29, 0.717) is 6.61 Å². The van der Waals surface area contributed by atoms with Crippen molar-refractivity contribution in [3.05, 3.63) is 16.3 Å². The van der Waals surface area contributed by atoms with E-state index in [1.807, 2.05) is 0 Å². The van der Waals surface area contributed by atoms with Gasteiger partial charge in [-0.1, -0.05) is 0 Å². The minimum Gasteiger partial charge on any atom is -0.470 e. The van der Waals surface area contributed by atoms with Crippen LogP contribution in [0.2, 0.25) is 0 Å². The number of nitro groups is 1. The van der Waals surface area contributed by atoms with Crippen molar-refractivity contribution in [3.63, 3.8) is 0 Å². The van der Waals surface area contributed by atoms with E-state index >= 15 is 0 Å². The number of aromatic nitrogens is 2. The standard InChI is InChI=1S/C11H16N4O4/c1-12-11-13-6-9(15(16)17)10(14-11)19-7-8-4-2-3-5-18-8/h6,8H,2-5,7H2,1H3,(H,12,13,14). The maximum Gasteiger partial charge on any atom is 0.349 e. The van der Waals surface area contributed by atoms with Crippen molar-refractivity contribution in [2.45, 2.75) is 25.4 Å². The molecule has 0 aliphatic carbocycles. The van der Waals surface area contributed by atoms with E-state index in [-0.39, 0.29) is 30.2 Å². The lowest BCUT2D eigenvalue weighted by Gasteiger charge is -2.22. The van der Waals surface area contributed by atoms with Crippen molar-refractivity contribution in [2.24, 2.45) is 0 Å². The number of nitrogens with zero attached hydrogens (tertiary/aromatic N) is 3. The molecule has 2 heterocycles. The van der Waals surface area contributed by atoms with Crippen LogP contribution in [0, 0.1) is 10.1 Å². The maximum absolute atomic E-state index is 10.9. The third-order valence-corrected chi connectivity index (χ3v) is 2.84. The van der Waals surface area contributed by atoms with Crippen molar-refractivity contribution < 1.29 is 14.4 Å². The Morgan fingerprint density at radius 3 is 3.11 bits per heavy atom. The summed E-state index contributed by atoms with van der Waals surface area (Å²) in [7, 11) is 1.63. The molecule has 0 bridgehead atoms. The van der Waals surface area contributed by atoms with Crippen LogP contribution in [-0.2, 0) is 4.74 Å². The van der Waals surface area contributed by atoms with Gasteiger partial charge in [-0.15, -0.1) is 0 Å². The highest BCUT2D eigenvalue weighted by atomic mass is 16.6. The fraction of sp³-hybridized carbons (Fsp3) is 0.636. The SMILES string of the molecule is CNc1ncc([N+](=O)[O-])c(OCC2CCCCO2)n1. The molecule has 0 radical (unpaired) electrons. The highest BCUT2D eigenvalue weighted by molar-refractivity contribution is 5.42. The molecule has 8 nitrogen and oxygen atoms in total. The van der Waals surface area contributed by atoms with Crippen LogP contribution < -0.4 is 10.1 Å². The Bertz CT molecular complexity index is 448. The second-order valence-electron chi connectivity index (χ2n) is 4.19. The highest BCUT2D eigenvalue weighted by Gasteiger charge is 2.21. The molecule has 0 saturated carbocycles. The van der Waals surface area contributed by atoms with Crippen molar-refractivity contribution in [1.29, 1.82) is 0 Å². The summed E-state index contributed by atoms with van der Waals surface area (Å²) >= 11 is 0. The van der Waals surface area contributed by atoms with E-state index in [1.165, 1.54) is 0 Å². The van der Waals surface area contributed by atoms with E-state index in [4.69, 9.17) is 9.47 Å². The number of anilines is 1. The van der Waals surface area contributed by atoms with Gasteiger partial charge in [0.1, 0.15) is 12.8 Å². The van der Waals surface area contributed by atoms with Crippen LogP contribution in [0.5, 0.6) is 5.88 Å². The third kappa shape index (κ3) is 3.50. The van der Waals surface area contributed by atoms with Crippen molar-refractivity contribution >= 4 is 11.6 Å². The molecule has 0 aromatic carbocycles. The molecule has 0 amide bonds. The smallest absolute Gasteiger partial charge is 0.349 e. The first-order chi connectivity index (χ1) is 9.20. The average molecular weight is 268 g/mol. The predicted octanol–water partition coefficient (Wildman–Crippen LogP) is 1.37. The normalized spacial score (nSPS) is 18.9. The van der Waals surface area contributed by atoms with Crippen LogP contribution in [0.25, 0.3) is 0 Å². The maximum atomic E-state index is 10.9. The summed E-state index contributed by atoms with van der Waals surface area (Å²) in [5.41, 5.74) is -0.241. The molecule has 8 heteroatoms. The Labute approximate surface area is 110 Å². The molecule has 19 heavy (non-hydrogen) atoms. The topological polar surface area (TPSA) is 99.4 Å². The molecule has 0 spiro atoms. The van der Waals surface area contributed by atoms with E-state index in [9.17, 15) is 10.1 Å². The summed E-state index contributed by atoms with van der Waals surface area (Å²) in [5, 5.41) is 13.6. The lowest BCUT2D eigenvalue weighted by atomic mass is 10.1. The van der Waals surface area contributed by atoms with Gasteiger partial charge >= 0.3 is 5.69 Å². The monoisotopic (exact) mass is 268 g/mol. The molecule has 1 N–H and O–H groups in total. The lowest BCUT2D eigenvalue weighted by Crippen LogP contribution is -2.26. The van der Waals surface area contributed by atoms with E-state index < -0.39 is 4.92 Å². The number of ether oxygens (including phenoxy) is 2. The van der Waals surface area contributed by atoms with Crippen molar-refractivity contribution in [1.82, 2.24) is 9.97 Å². The summed E-state index contributed by atoms with van der Waals surface area (Å²) < 4.78 is 10.9. The van der Waals surface area contributed by atoms with E-state index in [0.717, 1.165) is 25.5 Å². The lowest BCUT2D eigenvalue weighted by molar-refractivity contribution is -0.386. The minimum atomic E-state index is -0.559. The van der Waals surface area contributed by atoms with Gasteiger partial charge in [-0.05, 0) is 19.3 Å². The second-order valence-corrected chi connectivity index (χ2v) is 4.19. The Hall–Kier alpha value is -1.96. The van der Waals surface area contributed by atoms with Crippen LogP contribution in [0.15, 0.2) is 6.20 Å². The first-order valence-corrected chi connectivity index (χ1v) is 6.14. The van der Waals surface area contributed by atoms with Gasteiger partial charge in [0.15, 0.2) is 0 Å². The number of hydrogen-bond donors (Lipinski definition) is 1. The van der Waals surface area contributed by atoms with Crippen LogP contribution >= 0.6 is 0 Å². The summed E-state index contributed by atoms with van der Waals surface area (Å²) in [6.45, 7) is 0.975. The average Bonchev–Trinajstić information content (AvgIpc) is 2.45. The van der Waals surface area contributed by atoms with Crippen LogP contribution in [-0.4, -0.2) is 41.3 Å². The van der Waals surface area contributed by atoms with Gasteiger partial charge in [0.2, 0.25) is 5.95 Å². The van der Waals surface area contributed by atoms with E-state index in [2.05, 4.69) is 15.3 Å². The van der Waals surface area contributed by atoms with Crippen LogP contribution in [0.3, 0.4) is 0 Å². The summed E-state index contributed by atoms with van der Waals surface area (Å²) in [6, 6.07) is 0. The molecule has 1 aliphatic rings. The van der Waals surface area contributed by atoms with Crippen LogP contribution in [0.4, 0.5) is 11.6 Å². The first-order valence-electron chi connectivity index (χ1n) is 6.14. The molecule has 1 aromatic rings. The van der Waals surface area contributed by atoms with Gasteiger partial charge < -0.3 is 14.8 Å². The van der Waals surface area contributed by atoms with Crippen LogP contribution in [0.1, 0.15) is 19.3 Å². The molecule has 1 atom stereocenters. The molecule has 1 fully saturated rings. The third-order valence-electron chi connectivity index (χ3n) is 2.84. The van der Waals surface area contributed by atoms with Gasteiger partial charge in [-0.25, -0.2) is 4.98 Å². The fourth-order valence-corrected chi connectivity index (χ4v) is 1.82. The zero-order chi connectivity index (χ0) is 13.7. The number of rotatable bonds is 5. The number of hydrogen-bond acceptors (Lipinski definition) is 7. The molecule has 104 valence electrons. The van der Waals surface area contributed by atoms with Gasteiger partial charge in [0, 0.05) is 13.7 Å². The summed E-state index contributed by atoms with van der Waals surface area (Å²) in [6.07, 6.45) is 4.14. The largest absolute Gasteiger partial charge is 0.470 e. The Kier molecular flexibility index (Phi) is 4.45. The molecule has 1 aliphatic heterocycles. The van der Waals surface area contributed by atoms with Gasteiger partial charge in [-0.3, -0.25) is 10.1 Å². The van der Waals surface area contributed by atoms with E-state index in [1.54, 1.807) is 7.05 Å². The zero-order valence-electron chi connectivity index (χ0n) is 10.7. The minimum absolute atomic E-state index is 0.0265. The van der Waals surface area contributed by atoms with Gasteiger partial charge in [0.05, 0.1) is 11.0 Å². The quantitative estimate of drug-likeness (QED) is 0.636. The van der Waals surface area contributed by atoms with Gasteiger partial charge in [-0.2, -0.15) is 4.98 Å². The Balaban J connectivity index is 2.06. The Morgan fingerprint density at radius 1 is 1.63 bits per heavy atom.